The van der Waals surface area contributed by atoms with Gasteiger partial charge in [0, 0.05) is 22.0 Å². The summed E-state index contributed by atoms with van der Waals surface area (Å²) >= 11 is 1.23. The summed E-state index contributed by atoms with van der Waals surface area (Å²) in [7, 11) is 0. The Morgan fingerprint density at radius 3 is 2.56 bits per heavy atom. The Morgan fingerprint density at radius 2 is 1.59 bits per heavy atom. The molecule has 0 radical (unpaired) electrons. The number of anilines is 2. The fourth-order valence-corrected chi connectivity index (χ4v) is 4.15. The topological polar surface area (TPSA) is 66.5 Å². The van der Waals surface area contributed by atoms with Crippen LogP contribution in [0.3, 0.4) is 0 Å². The van der Waals surface area contributed by atoms with Crippen LogP contribution in [0.4, 0.5) is 11.5 Å². The molecule has 2 N–H and O–H groups in total. The second kappa shape index (κ2) is 5.49. The summed E-state index contributed by atoms with van der Waals surface area (Å²) in [6.45, 7) is 0. The van der Waals surface area contributed by atoms with Crippen LogP contribution in [0.2, 0.25) is 0 Å². The number of fused-ring (bicyclic) bond motifs is 6. The highest BCUT2D eigenvalue weighted by atomic mass is 32.1. The van der Waals surface area contributed by atoms with Crippen LogP contribution in [-0.2, 0) is 0 Å². The van der Waals surface area contributed by atoms with Crippen molar-refractivity contribution in [3.8, 4) is 0 Å². The second-order valence-electron chi connectivity index (χ2n) is 6.49. The third-order valence-electron chi connectivity index (χ3n) is 4.87. The number of nitrogens with zero attached hydrogens (tertiary/aromatic N) is 3. The molecule has 5 nitrogen and oxygen atoms in total. The Bertz CT molecular complexity index is 1460. The molecule has 0 aliphatic carbocycles. The maximum absolute atomic E-state index is 4.92. The highest BCUT2D eigenvalue weighted by Crippen LogP contribution is 2.36. The minimum absolute atomic E-state index is 0.837. The van der Waals surface area contributed by atoms with Gasteiger partial charge in [-0.05, 0) is 30.3 Å². The van der Waals surface area contributed by atoms with Crippen molar-refractivity contribution in [1.82, 2.24) is 18.7 Å². The number of hydrogen-bond acceptors (Lipinski definition) is 5. The lowest BCUT2D eigenvalue weighted by molar-refractivity contribution is 1.40. The molecule has 6 heteroatoms. The molecule has 0 aliphatic heterocycles. The van der Waals surface area contributed by atoms with E-state index < -0.39 is 0 Å². The molecule has 0 aliphatic rings. The fourth-order valence-electron chi connectivity index (χ4n) is 3.64. The lowest BCUT2D eigenvalue weighted by Gasteiger charge is -2.09. The van der Waals surface area contributed by atoms with Crippen LogP contribution in [0.15, 0.2) is 66.7 Å². The first-order valence-corrected chi connectivity index (χ1v) is 9.38. The van der Waals surface area contributed by atoms with Gasteiger partial charge in [0.05, 0.1) is 28.1 Å². The third-order valence-corrected chi connectivity index (χ3v) is 5.42. The van der Waals surface area contributed by atoms with Crippen LogP contribution in [0.5, 0.6) is 0 Å². The highest BCUT2D eigenvalue weighted by Gasteiger charge is 2.14. The standard InChI is InChI=1S/C21H13N5S/c1-3-7-15-13(5-1)19-20(23-15)14-6-2-4-8-16(14)24-21(19)22-12-9-10-17-18(11-12)26-27-25-17/h1-11,23H,(H,22,24). The van der Waals surface area contributed by atoms with Crippen molar-refractivity contribution >= 4 is 67.0 Å². The zero-order valence-electron chi connectivity index (χ0n) is 14.1. The summed E-state index contributed by atoms with van der Waals surface area (Å²) in [5.41, 5.74) is 5.91. The van der Waals surface area contributed by atoms with Gasteiger partial charge < -0.3 is 10.3 Å². The molecule has 6 rings (SSSR count). The van der Waals surface area contributed by atoms with E-state index >= 15 is 0 Å². The number of nitrogens with one attached hydrogen (secondary N) is 2. The molecule has 3 aromatic carbocycles. The van der Waals surface area contributed by atoms with Crippen molar-refractivity contribution in [3.05, 3.63) is 66.7 Å². The van der Waals surface area contributed by atoms with Gasteiger partial charge in [0.2, 0.25) is 0 Å². The van der Waals surface area contributed by atoms with Gasteiger partial charge in [-0.25, -0.2) is 4.98 Å². The predicted molar refractivity (Wildman–Crippen MR) is 112 cm³/mol. The van der Waals surface area contributed by atoms with Crippen molar-refractivity contribution in [2.45, 2.75) is 0 Å². The number of hydrogen-bond donors (Lipinski definition) is 2. The van der Waals surface area contributed by atoms with Crippen LogP contribution >= 0.6 is 11.7 Å². The number of H-pyrrole nitrogens is 1. The van der Waals surface area contributed by atoms with Gasteiger partial charge in [0.25, 0.3) is 0 Å². The average Bonchev–Trinajstić information content (AvgIpc) is 3.32. The Kier molecular flexibility index (Phi) is 2.98. The van der Waals surface area contributed by atoms with E-state index in [0.717, 1.165) is 55.2 Å². The van der Waals surface area contributed by atoms with E-state index in [2.05, 4.69) is 43.3 Å². The van der Waals surface area contributed by atoms with Gasteiger partial charge in [-0.3, -0.25) is 0 Å². The van der Waals surface area contributed by atoms with Gasteiger partial charge in [0.1, 0.15) is 16.9 Å². The lowest BCUT2D eigenvalue weighted by atomic mass is 10.1. The molecule has 0 atom stereocenters. The number of benzene rings is 3. The smallest absolute Gasteiger partial charge is 0.141 e. The first-order valence-electron chi connectivity index (χ1n) is 8.65. The predicted octanol–water partition coefficient (Wildman–Crippen LogP) is 5.62. The third kappa shape index (κ3) is 2.20. The van der Waals surface area contributed by atoms with Crippen LogP contribution in [-0.4, -0.2) is 18.7 Å². The first-order chi connectivity index (χ1) is 13.4. The molecule has 0 saturated carbocycles. The second-order valence-corrected chi connectivity index (χ2v) is 7.02. The summed E-state index contributed by atoms with van der Waals surface area (Å²) in [6.07, 6.45) is 0. The first kappa shape index (κ1) is 14.6. The van der Waals surface area contributed by atoms with Gasteiger partial charge in [-0.1, -0.05) is 36.4 Å². The molecular weight excluding hydrogens is 354 g/mol. The molecule has 0 spiro atoms. The van der Waals surface area contributed by atoms with E-state index in [1.54, 1.807) is 0 Å². The van der Waals surface area contributed by atoms with E-state index in [1.807, 2.05) is 42.5 Å². The molecule has 3 aromatic heterocycles. The quantitative estimate of drug-likeness (QED) is 0.417. The molecule has 0 unspecified atom stereocenters. The van der Waals surface area contributed by atoms with Crippen LogP contribution in [0.25, 0.3) is 43.7 Å². The van der Waals surface area contributed by atoms with Crippen molar-refractivity contribution in [1.29, 1.82) is 0 Å². The van der Waals surface area contributed by atoms with Crippen molar-refractivity contribution in [2.75, 3.05) is 5.32 Å². The number of para-hydroxylation sites is 2. The summed E-state index contributed by atoms with van der Waals surface area (Å²) in [4.78, 5) is 8.50. The molecule has 6 aromatic rings. The molecule has 3 heterocycles. The molecule has 27 heavy (non-hydrogen) atoms. The zero-order valence-corrected chi connectivity index (χ0v) is 14.9. The minimum atomic E-state index is 0.837. The van der Waals surface area contributed by atoms with E-state index in [4.69, 9.17) is 4.98 Å². The largest absolute Gasteiger partial charge is 0.354 e. The Morgan fingerprint density at radius 1 is 0.778 bits per heavy atom. The Balaban J connectivity index is 1.65. The van der Waals surface area contributed by atoms with Gasteiger partial charge in [-0.2, -0.15) is 8.75 Å². The van der Waals surface area contributed by atoms with Crippen molar-refractivity contribution in [3.63, 3.8) is 0 Å². The monoisotopic (exact) mass is 367 g/mol. The van der Waals surface area contributed by atoms with Gasteiger partial charge >= 0.3 is 0 Å². The highest BCUT2D eigenvalue weighted by molar-refractivity contribution is 7.00. The number of aromatic nitrogens is 4. The number of aromatic amines is 1. The van der Waals surface area contributed by atoms with E-state index in [0.29, 0.717) is 0 Å². The molecule has 0 amide bonds. The van der Waals surface area contributed by atoms with E-state index in [1.165, 1.54) is 11.7 Å². The van der Waals surface area contributed by atoms with E-state index in [9.17, 15) is 0 Å². The molecule has 0 bridgehead atoms. The number of rotatable bonds is 2. The Labute approximate surface area is 158 Å². The summed E-state index contributed by atoms with van der Waals surface area (Å²) < 4.78 is 8.61. The molecular formula is C21H13N5S. The van der Waals surface area contributed by atoms with Crippen LogP contribution < -0.4 is 5.32 Å². The maximum Gasteiger partial charge on any atom is 0.141 e. The SMILES string of the molecule is c1ccc2c(c1)nc(Nc1ccc3nsnc3c1)c1c3ccccc3[nH]c21. The lowest BCUT2D eigenvalue weighted by Crippen LogP contribution is -1.95. The summed E-state index contributed by atoms with van der Waals surface area (Å²) in [5.74, 6) is 0.837. The van der Waals surface area contributed by atoms with Crippen molar-refractivity contribution < 1.29 is 0 Å². The van der Waals surface area contributed by atoms with Crippen LogP contribution in [0.1, 0.15) is 0 Å². The minimum Gasteiger partial charge on any atom is -0.354 e. The fraction of sp³-hybridized carbons (Fsp3) is 0. The van der Waals surface area contributed by atoms with Gasteiger partial charge in [0.15, 0.2) is 0 Å². The molecule has 0 saturated heterocycles. The van der Waals surface area contributed by atoms with Crippen molar-refractivity contribution in [2.24, 2.45) is 0 Å². The summed E-state index contributed by atoms with van der Waals surface area (Å²) in [5, 5.41) is 6.88. The molecule has 128 valence electrons. The van der Waals surface area contributed by atoms with Gasteiger partial charge in [-0.15, -0.1) is 0 Å². The zero-order chi connectivity index (χ0) is 17.8. The normalized spacial score (nSPS) is 11.7. The molecule has 0 fully saturated rings. The average molecular weight is 367 g/mol. The van der Waals surface area contributed by atoms with E-state index in [-0.39, 0.29) is 0 Å². The summed E-state index contributed by atoms with van der Waals surface area (Å²) in [6, 6.07) is 22.5. The van der Waals surface area contributed by atoms with Crippen LogP contribution in [0, 0.1) is 0 Å². The maximum atomic E-state index is 4.92. The number of pyridine rings is 1. The Hall–Kier alpha value is -3.51.